The largest absolute Gasteiger partial charge is 0.493 e. The number of rotatable bonds is 7. The zero-order chi connectivity index (χ0) is 17.7. The van der Waals surface area contributed by atoms with E-state index in [4.69, 9.17) is 14.3 Å². The molecule has 0 saturated carbocycles. The van der Waals surface area contributed by atoms with Crippen molar-refractivity contribution in [1.82, 2.24) is 5.32 Å². The van der Waals surface area contributed by atoms with Gasteiger partial charge in [-0.1, -0.05) is 19.9 Å². The Hall–Kier alpha value is -2.76. The number of furan rings is 1. The number of carboxylic acid groups (broad SMARTS) is 1. The zero-order valence-electron chi connectivity index (χ0n) is 14.0. The van der Waals surface area contributed by atoms with Crippen LogP contribution in [0.2, 0.25) is 0 Å². The van der Waals surface area contributed by atoms with Gasteiger partial charge in [0.1, 0.15) is 22.8 Å². The monoisotopic (exact) mass is 331 g/mol. The van der Waals surface area contributed by atoms with E-state index in [2.05, 4.69) is 5.32 Å². The lowest BCUT2D eigenvalue weighted by Crippen LogP contribution is -2.22. The molecule has 1 amide bonds. The van der Waals surface area contributed by atoms with Crippen LogP contribution in [-0.4, -0.2) is 23.6 Å². The SMILES string of the molecule is Cc1oc(CNC(=O)c2cccc(OCC(C)C)c2)cc1C(=O)O. The molecule has 2 N–H and O–H groups in total. The van der Waals surface area contributed by atoms with Crippen LogP contribution >= 0.6 is 0 Å². The first-order valence-corrected chi connectivity index (χ1v) is 7.70. The van der Waals surface area contributed by atoms with E-state index in [0.717, 1.165) is 0 Å². The highest BCUT2D eigenvalue weighted by atomic mass is 16.5. The quantitative estimate of drug-likeness (QED) is 0.813. The molecule has 1 aromatic carbocycles. The number of nitrogens with one attached hydrogen (secondary N) is 1. The molecule has 0 radical (unpaired) electrons. The minimum absolute atomic E-state index is 0.100. The summed E-state index contributed by atoms with van der Waals surface area (Å²) in [7, 11) is 0. The average molecular weight is 331 g/mol. The van der Waals surface area contributed by atoms with E-state index in [-0.39, 0.29) is 18.0 Å². The molecule has 1 heterocycles. The Morgan fingerprint density at radius 3 is 2.67 bits per heavy atom. The Morgan fingerprint density at radius 2 is 2.04 bits per heavy atom. The van der Waals surface area contributed by atoms with E-state index < -0.39 is 5.97 Å². The van der Waals surface area contributed by atoms with Gasteiger partial charge in [-0.15, -0.1) is 0 Å². The maximum Gasteiger partial charge on any atom is 0.339 e. The standard InChI is InChI=1S/C18H21NO5/c1-11(2)10-23-14-6-4-5-13(7-14)17(20)19-9-15-8-16(18(21)22)12(3)24-15/h4-8,11H,9-10H2,1-3H3,(H,19,20)(H,21,22). The second kappa shape index (κ2) is 7.68. The molecule has 24 heavy (non-hydrogen) atoms. The molecule has 0 aliphatic carbocycles. The smallest absolute Gasteiger partial charge is 0.339 e. The molecule has 0 fully saturated rings. The summed E-state index contributed by atoms with van der Waals surface area (Å²) in [5.74, 6) is 0.410. The molecule has 1 aromatic heterocycles. The van der Waals surface area contributed by atoms with Crippen molar-refractivity contribution in [3.63, 3.8) is 0 Å². The van der Waals surface area contributed by atoms with Crippen LogP contribution in [0.4, 0.5) is 0 Å². The van der Waals surface area contributed by atoms with E-state index in [9.17, 15) is 9.59 Å². The lowest BCUT2D eigenvalue weighted by molar-refractivity contribution is 0.0694. The highest BCUT2D eigenvalue weighted by Crippen LogP contribution is 2.16. The van der Waals surface area contributed by atoms with E-state index >= 15 is 0 Å². The van der Waals surface area contributed by atoms with Gasteiger partial charge in [0.15, 0.2) is 0 Å². The number of hydrogen-bond donors (Lipinski definition) is 2. The van der Waals surface area contributed by atoms with Crippen molar-refractivity contribution in [3.05, 3.63) is 53.0 Å². The Kier molecular flexibility index (Phi) is 5.63. The highest BCUT2D eigenvalue weighted by Gasteiger charge is 2.14. The van der Waals surface area contributed by atoms with Crippen molar-refractivity contribution < 1.29 is 23.8 Å². The molecular weight excluding hydrogens is 310 g/mol. The predicted molar refractivity (Wildman–Crippen MR) is 88.3 cm³/mol. The first-order valence-electron chi connectivity index (χ1n) is 7.70. The Bertz CT molecular complexity index is 733. The summed E-state index contributed by atoms with van der Waals surface area (Å²) in [4.78, 5) is 23.2. The fourth-order valence-corrected chi connectivity index (χ4v) is 2.10. The maximum absolute atomic E-state index is 12.2. The lowest BCUT2D eigenvalue weighted by Gasteiger charge is -2.10. The number of benzene rings is 1. The van der Waals surface area contributed by atoms with Crippen molar-refractivity contribution in [3.8, 4) is 5.75 Å². The maximum atomic E-state index is 12.2. The van der Waals surface area contributed by atoms with Crippen molar-refractivity contribution in [2.24, 2.45) is 5.92 Å². The molecule has 0 saturated heterocycles. The molecule has 2 rings (SSSR count). The number of aryl methyl sites for hydroxylation is 1. The molecule has 128 valence electrons. The third-order valence-corrected chi connectivity index (χ3v) is 3.30. The third kappa shape index (κ3) is 4.62. The topological polar surface area (TPSA) is 88.8 Å². The van der Waals surface area contributed by atoms with Gasteiger partial charge in [-0.25, -0.2) is 4.79 Å². The summed E-state index contributed by atoms with van der Waals surface area (Å²) in [5.41, 5.74) is 0.571. The van der Waals surface area contributed by atoms with Gasteiger partial charge in [0.05, 0.1) is 13.2 Å². The van der Waals surface area contributed by atoms with Crippen LogP contribution in [0.1, 0.15) is 46.1 Å². The fourth-order valence-electron chi connectivity index (χ4n) is 2.10. The number of carboxylic acids is 1. The van der Waals surface area contributed by atoms with Crippen LogP contribution < -0.4 is 10.1 Å². The van der Waals surface area contributed by atoms with Crippen LogP contribution in [0.3, 0.4) is 0 Å². The van der Waals surface area contributed by atoms with Crippen LogP contribution in [0.5, 0.6) is 5.75 Å². The number of ether oxygens (including phenoxy) is 1. The zero-order valence-corrected chi connectivity index (χ0v) is 14.0. The van der Waals surface area contributed by atoms with Crippen molar-refractivity contribution in [1.29, 1.82) is 0 Å². The Balaban J connectivity index is 1.98. The molecular formula is C18H21NO5. The van der Waals surface area contributed by atoms with Gasteiger partial charge in [-0.2, -0.15) is 0 Å². The minimum Gasteiger partial charge on any atom is -0.493 e. The number of aromatic carboxylic acids is 1. The van der Waals surface area contributed by atoms with E-state index in [0.29, 0.717) is 35.4 Å². The summed E-state index contributed by atoms with van der Waals surface area (Å²) in [6.45, 7) is 6.36. The molecule has 2 aromatic rings. The Labute approximate surface area is 140 Å². The third-order valence-electron chi connectivity index (χ3n) is 3.30. The highest BCUT2D eigenvalue weighted by molar-refractivity contribution is 5.94. The van der Waals surface area contributed by atoms with Gasteiger partial charge < -0.3 is 19.6 Å². The van der Waals surface area contributed by atoms with Crippen LogP contribution in [-0.2, 0) is 6.54 Å². The first-order chi connectivity index (χ1) is 11.4. The molecule has 6 heteroatoms. The van der Waals surface area contributed by atoms with E-state index in [1.807, 2.05) is 13.8 Å². The van der Waals surface area contributed by atoms with E-state index in [1.165, 1.54) is 6.07 Å². The summed E-state index contributed by atoms with van der Waals surface area (Å²) >= 11 is 0. The van der Waals surface area contributed by atoms with Gasteiger partial charge in [-0.3, -0.25) is 4.79 Å². The Morgan fingerprint density at radius 1 is 1.29 bits per heavy atom. The van der Waals surface area contributed by atoms with Crippen LogP contribution in [0.25, 0.3) is 0 Å². The fraction of sp³-hybridized carbons (Fsp3) is 0.333. The van der Waals surface area contributed by atoms with Crippen molar-refractivity contribution in [2.75, 3.05) is 6.61 Å². The number of amides is 1. The van der Waals surface area contributed by atoms with Crippen LogP contribution in [0.15, 0.2) is 34.7 Å². The average Bonchev–Trinajstić information content (AvgIpc) is 2.92. The number of hydrogen-bond acceptors (Lipinski definition) is 4. The molecule has 0 unspecified atom stereocenters. The molecule has 0 aliphatic heterocycles. The number of carbonyl (C=O) groups is 2. The summed E-state index contributed by atoms with van der Waals surface area (Å²) in [6.07, 6.45) is 0. The van der Waals surface area contributed by atoms with Crippen LogP contribution in [0, 0.1) is 12.8 Å². The van der Waals surface area contributed by atoms with Gasteiger partial charge in [0, 0.05) is 5.56 Å². The normalized spacial score (nSPS) is 10.7. The first kappa shape index (κ1) is 17.6. The van der Waals surface area contributed by atoms with Gasteiger partial charge in [0.2, 0.25) is 0 Å². The molecule has 0 aliphatic rings. The minimum atomic E-state index is -1.05. The van der Waals surface area contributed by atoms with Crippen molar-refractivity contribution >= 4 is 11.9 Å². The summed E-state index contributed by atoms with van der Waals surface area (Å²) in [6, 6.07) is 8.33. The number of carbonyl (C=O) groups excluding carboxylic acids is 1. The molecule has 6 nitrogen and oxygen atoms in total. The molecule has 0 atom stereocenters. The summed E-state index contributed by atoms with van der Waals surface area (Å²) in [5, 5.41) is 11.7. The van der Waals surface area contributed by atoms with Gasteiger partial charge in [-0.05, 0) is 37.1 Å². The van der Waals surface area contributed by atoms with Gasteiger partial charge in [0.25, 0.3) is 5.91 Å². The molecule has 0 bridgehead atoms. The molecule has 0 spiro atoms. The van der Waals surface area contributed by atoms with E-state index in [1.54, 1.807) is 31.2 Å². The van der Waals surface area contributed by atoms with Crippen molar-refractivity contribution in [2.45, 2.75) is 27.3 Å². The lowest BCUT2D eigenvalue weighted by atomic mass is 10.2. The van der Waals surface area contributed by atoms with Gasteiger partial charge >= 0.3 is 5.97 Å². The second-order valence-electron chi connectivity index (χ2n) is 5.90. The summed E-state index contributed by atoms with van der Waals surface area (Å²) < 4.78 is 10.9. The second-order valence-corrected chi connectivity index (χ2v) is 5.90. The predicted octanol–water partition coefficient (Wildman–Crippen LogP) is 3.25.